The third-order valence-electron chi connectivity index (χ3n) is 3.64. The second-order valence-corrected chi connectivity index (χ2v) is 5.26. The van der Waals surface area contributed by atoms with Crippen LogP contribution >= 0.6 is 0 Å². The highest BCUT2D eigenvalue weighted by Gasteiger charge is 2.10. The molecule has 0 spiro atoms. The molecule has 0 saturated carbocycles. The number of nitrogens with zero attached hydrogens (tertiary/aromatic N) is 3. The highest BCUT2D eigenvalue weighted by molar-refractivity contribution is 6.38. The average Bonchev–Trinajstić information content (AvgIpc) is 2.68. The summed E-state index contributed by atoms with van der Waals surface area (Å²) >= 11 is 0. The lowest BCUT2D eigenvalue weighted by atomic mass is 10.1. The van der Waals surface area contributed by atoms with E-state index in [-0.39, 0.29) is 22.5 Å². The summed E-state index contributed by atoms with van der Waals surface area (Å²) < 4.78 is 4.62. The van der Waals surface area contributed by atoms with E-state index in [2.05, 4.69) is 24.8 Å². The van der Waals surface area contributed by atoms with Crippen LogP contribution in [0.25, 0.3) is 10.9 Å². The molecule has 0 aliphatic heterocycles. The van der Waals surface area contributed by atoms with Crippen LogP contribution in [0.15, 0.2) is 63.5 Å². The molecule has 0 aliphatic rings. The van der Waals surface area contributed by atoms with E-state index < -0.39 is 5.97 Å². The Morgan fingerprint density at radius 3 is 2.85 bits per heavy atom. The quantitative estimate of drug-likeness (QED) is 0.322. The van der Waals surface area contributed by atoms with Crippen LogP contribution in [-0.4, -0.2) is 35.0 Å². The number of aliphatic imine (C=N–C) groups is 1. The Morgan fingerprint density at radius 1 is 1.27 bits per heavy atom. The fourth-order valence-corrected chi connectivity index (χ4v) is 2.36. The predicted molar refractivity (Wildman–Crippen MR) is 99.0 cm³/mol. The number of nitrogens with two attached hydrogens (primary N) is 1. The molecule has 0 atom stereocenters. The Hall–Kier alpha value is -3.81. The first-order valence-corrected chi connectivity index (χ1v) is 7.61. The first kappa shape index (κ1) is 17.0. The third kappa shape index (κ3) is 3.48. The molecule has 0 aliphatic carbocycles. The lowest BCUT2D eigenvalue weighted by Gasteiger charge is -2.03. The summed E-state index contributed by atoms with van der Waals surface area (Å²) in [5.74, 6) is 4.87. The number of hydrogen-bond acceptors (Lipinski definition) is 7. The standard InChI is InChI=1S/C18H15N5O3/c1-26-18(25)15-9-12(6-7-20-15)21-10-16(23-19)13-8-11-4-2-3-5-14(11)22-17(13)24/h2-10H,19H2,1H3,(H,22,24). The van der Waals surface area contributed by atoms with Crippen molar-refractivity contribution in [1.29, 1.82) is 0 Å². The van der Waals surface area contributed by atoms with Crippen molar-refractivity contribution >= 4 is 34.5 Å². The van der Waals surface area contributed by atoms with Gasteiger partial charge in [0.05, 0.1) is 24.6 Å². The second-order valence-electron chi connectivity index (χ2n) is 5.26. The minimum Gasteiger partial charge on any atom is -0.464 e. The number of methoxy groups -OCH3 is 1. The number of fused-ring (bicyclic) bond motifs is 1. The van der Waals surface area contributed by atoms with E-state index in [9.17, 15) is 9.59 Å². The molecule has 2 heterocycles. The van der Waals surface area contributed by atoms with Gasteiger partial charge in [-0.3, -0.25) is 9.79 Å². The van der Waals surface area contributed by atoms with E-state index in [1.807, 2.05) is 18.2 Å². The largest absolute Gasteiger partial charge is 0.464 e. The number of aromatic amines is 1. The SMILES string of the molecule is COC(=O)c1cc(N=CC(=NN)c2cc3ccccc3[nH]c2=O)ccn1. The van der Waals surface area contributed by atoms with Gasteiger partial charge in [0.25, 0.3) is 5.56 Å². The van der Waals surface area contributed by atoms with Gasteiger partial charge in [0.15, 0.2) is 0 Å². The molecule has 0 radical (unpaired) electrons. The minimum atomic E-state index is -0.569. The Kier molecular flexibility index (Phi) is 4.84. The van der Waals surface area contributed by atoms with Crippen molar-refractivity contribution in [2.24, 2.45) is 15.9 Å². The first-order valence-electron chi connectivity index (χ1n) is 7.61. The van der Waals surface area contributed by atoms with Crippen LogP contribution in [-0.2, 0) is 4.74 Å². The summed E-state index contributed by atoms with van der Waals surface area (Å²) in [7, 11) is 1.27. The number of nitrogens with one attached hydrogen (secondary N) is 1. The number of esters is 1. The Labute approximate surface area is 148 Å². The van der Waals surface area contributed by atoms with Gasteiger partial charge >= 0.3 is 5.97 Å². The van der Waals surface area contributed by atoms with Crippen molar-refractivity contribution in [2.75, 3.05) is 7.11 Å². The van der Waals surface area contributed by atoms with Crippen molar-refractivity contribution in [3.05, 3.63) is 70.3 Å². The number of rotatable bonds is 4. The molecular weight excluding hydrogens is 334 g/mol. The maximum atomic E-state index is 12.3. The lowest BCUT2D eigenvalue weighted by Crippen LogP contribution is -2.20. The van der Waals surface area contributed by atoms with Gasteiger partial charge in [-0.2, -0.15) is 5.10 Å². The van der Waals surface area contributed by atoms with Gasteiger partial charge in [-0.05, 0) is 29.7 Å². The van der Waals surface area contributed by atoms with Crippen LogP contribution in [0.3, 0.4) is 0 Å². The van der Waals surface area contributed by atoms with Gasteiger partial charge in [-0.15, -0.1) is 0 Å². The normalized spacial score (nSPS) is 11.8. The predicted octanol–water partition coefficient (Wildman–Crippen LogP) is 1.77. The van der Waals surface area contributed by atoms with Gasteiger partial charge in [0, 0.05) is 11.7 Å². The van der Waals surface area contributed by atoms with Crippen molar-refractivity contribution in [2.45, 2.75) is 0 Å². The average molecular weight is 349 g/mol. The molecule has 3 aromatic rings. The van der Waals surface area contributed by atoms with Crippen molar-refractivity contribution in [1.82, 2.24) is 9.97 Å². The number of benzene rings is 1. The van der Waals surface area contributed by atoms with Crippen molar-refractivity contribution in [3.63, 3.8) is 0 Å². The highest BCUT2D eigenvalue weighted by atomic mass is 16.5. The Morgan fingerprint density at radius 2 is 2.08 bits per heavy atom. The smallest absolute Gasteiger partial charge is 0.356 e. The lowest BCUT2D eigenvalue weighted by molar-refractivity contribution is 0.0594. The minimum absolute atomic E-state index is 0.122. The summed E-state index contributed by atoms with van der Waals surface area (Å²) in [4.78, 5) is 34.7. The van der Waals surface area contributed by atoms with Crippen LogP contribution in [0.1, 0.15) is 16.1 Å². The molecule has 8 nitrogen and oxygen atoms in total. The number of ether oxygens (including phenoxy) is 1. The van der Waals surface area contributed by atoms with Crippen LogP contribution in [0, 0.1) is 0 Å². The molecule has 130 valence electrons. The number of hydrogen-bond donors (Lipinski definition) is 2. The van der Waals surface area contributed by atoms with E-state index in [1.54, 1.807) is 18.2 Å². The number of pyridine rings is 2. The van der Waals surface area contributed by atoms with Crippen LogP contribution < -0.4 is 11.4 Å². The molecule has 8 heteroatoms. The zero-order valence-electron chi connectivity index (χ0n) is 13.8. The highest BCUT2D eigenvalue weighted by Crippen LogP contribution is 2.13. The van der Waals surface area contributed by atoms with Gasteiger partial charge in [-0.25, -0.2) is 9.78 Å². The summed E-state index contributed by atoms with van der Waals surface area (Å²) in [6.45, 7) is 0. The number of aromatic nitrogens is 2. The Bertz CT molecular complexity index is 1090. The molecule has 0 amide bonds. The zero-order valence-corrected chi connectivity index (χ0v) is 13.8. The monoisotopic (exact) mass is 349 g/mol. The summed E-state index contributed by atoms with van der Waals surface area (Å²) in [6.07, 6.45) is 2.79. The number of hydrazone groups is 1. The second kappa shape index (κ2) is 7.39. The zero-order chi connectivity index (χ0) is 18.5. The summed E-state index contributed by atoms with van der Waals surface area (Å²) in [5, 5.41) is 4.50. The Balaban J connectivity index is 1.96. The molecule has 0 bridgehead atoms. The topological polar surface area (TPSA) is 123 Å². The van der Waals surface area contributed by atoms with E-state index in [1.165, 1.54) is 25.6 Å². The van der Waals surface area contributed by atoms with E-state index in [0.717, 1.165) is 5.39 Å². The van der Waals surface area contributed by atoms with Crippen LogP contribution in [0.2, 0.25) is 0 Å². The molecule has 26 heavy (non-hydrogen) atoms. The number of H-pyrrole nitrogens is 1. The number of para-hydroxylation sites is 1. The fraction of sp³-hybridized carbons (Fsp3) is 0.0556. The van der Waals surface area contributed by atoms with Gasteiger partial charge < -0.3 is 15.6 Å². The molecule has 3 N–H and O–H groups in total. The van der Waals surface area contributed by atoms with E-state index in [4.69, 9.17) is 5.84 Å². The van der Waals surface area contributed by atoms with E-state index in [0.29, 0.717) is 11.2 Å². The molecular formula is C18H15N5O3. The molecule has 3 rings (SSSR count). The summed E-state index contributed by atoms with van der Waals surface area (Å²) in [5.41, 5.74) is 1.44. The fourth-order valence-electron chi connectivity index (χ4n) is 2.36. The molecule has 0 unspecified atom stereocenters. The van der Waals surface area contributed by atoms with Crippen molar-refractivity contribution in [3.8, 4) is 0 Å². The van der Waals surface area contributed by atoms with Crippen LogP contribution in [0.5, 0.6) is 0 Å². The molecule has 1 aromatic carbocycles. The molecule has 2 aromatic heterocycles. The maximum Gasteiger partial charge on any atom is 0.356 e. The van der Waals surface area contributed by atoms with Gasteiger partial charge in [0.2, 0.25) is 0 Å². The maximum absolute atomic E-state index is 12.3. The first-order chi connectivity index (χ1) is 12.6. The number of carbonyl (C=O) groups excluding carboxylic acids is 1. The van der Waals surface area contributed by atoms with Crippen LogP contribution in [0.4, 0.5) is 5.69 Å². The molecule has 0 saturated heterocycles. The summed E-state index contributed by atoms with van der Waals surface area (Å²) in [6, 6.07) is 12.1. The van der Waals surface area contributed by atoms with Gasteiger partial charge in [0.1, 0.15) is 11.4 Å². The third-order valence-corrected chi connectivity index (χ3v) is 3.64. The molecule has 0 fully saturated rings. The van der Waals surface area contributed by atoms with E-state index >= 15 is 0 Å². The van der Waals surface area contributed by atoms with Gasteiger partial charge in [-0.1, -0.05) is 18.2 Å². The number of carbonyl (C=O) groups is 1. The van der Waals surface area contributed by atoms with Crippen molar-refractivity contribution < 1.29 is 9.53 Å².